The first-order valence-electron chi connectivity index (χ1n) is 6.21. The van der Waals surface area contributed by atoms with E-state index in [1.165, 1.54) is 29.1 Å². The number of aliphatic hydroxyl groups is 1. The Labute approximate surface area is 119 Å². The Morgan fingerprint density at radius 2 is 2.10 bits per heavy atom. The number of nitro groups is 1. The molecule has 0 saturated carbocycles. The van der Waals surface area contributed by atoms with Gasteiger partial charge in [0.05, 0.1) is 4.92 Å². The summed E-state index contributed by atoms with van der Waals surface area (Å²) in [5, 5.41) is 32.9. The van der Waals surface area contributed by atoms with Crippen LogP contribution in [0.15, 0.2) is 30.5 Å². The fraction of sp³-hybridized carbons (Fsp3) is 0.231. The number of carbonyl (C=O) groups is 1. The number of aryl methyl sites for hydroxylation is 1. The summed E-state index contributed by atoms with van der Waals surface area (Å²) >= 11 is 0. The zero-order chi connectivity index (χ0) is 15.4. The van der Waals surface area contributed by atoms with Crippen LogP contribution in [0.5, 0.6) is 0 Å². The highest BCUT2D eigenvalue weighted by Crippen LogP contribution is 2.23. The van der Waals surface area contributed by atoms with Crippen molar-refractivity contribution in [3.63, 3.8) is 0 Å². The molecule has 8 heteroatoms. The molecule has 0 aliphatic rings. The highest BCUT2D eigenvalue weighted by atomic mass is 16.6. The zero-order valence-electron chi connectivity index (χ0n) is 11.0. The van der Waals surface area contributed by atoms with Gasteiger partial charge in [-0.2, -0.15) is 5.10 Å². The van der Waals surface area contributed by atoms with Crippen molar-refractivity contribution in [2.75, 3.05) is 6.61 Å². The Morgan fingerprint density at radius 1 is 1.38 bits per heavy atom. The van der Waals surface area contributed by atoms with Gasteiger partial charge in [0.2, 0.25) is 0 Å². The van der Waals surface area contributed by atoms with Gasteiger partial charge in [-0.3, -0.25) is 10.1 Å². The molecule has 0 fully saturated rings. The van der Waals surface area contributed by atoms with Crippen molar-refractivity contribution < 1.29 is 19.9 Å². The van der Waals surface area contributed by atoms with Gasteiger partial charge in [-0.05, 0) is 18.9 Å². The van der Waals surface area contributed by atoms with Gasteiger partial charge < -0.3 is 10.2 Å². The maximum absolute atomic E-state index is 11.2. The van der Waals surface area contributed by atoms with Crippen LogP contribution in [-0.4, -0.2) is 37.5 Å². The van der Waals surface area contributed by atoms with E-state index in [-0.39, 0.29) is 23.7 Å². The summed E-state index contributed by atoms with van der Waals surface area (Å²) in [4.78, 5) is 21.6. The first kappa shape index (κ1) is 14.7. The van der Waals surface area contributed by atoms with Crippen LogP contribution < -0.4 is 0 Å². The summed E-state index contributed by atoms with van der Waals surface area (Å²) in [6.07, 6.45) is 2.17. The first-order valence-corrected chi connectivity index (χ1v) is 6.21. The Morgan fingerprint density at radius 3 is 2.71 bits per heavy atom. The van der Waals surface area contributed by atoms with Crippen LogP contribution in [0.25, 0.3) is 5.69 Å². The fourth-order valence-electron chi connectivity index (χ4n) is 1.98. The number of carboxylic acids is 1. The van der Waals surface area contributed by atoms with Crippen molar-refractivity contribution >= 4 is 11.7 Å². The van der Waals surface area contributed by atoms with E-state index in [2.05, 4.69) is 5.10 Å². The van der Waals surface area contributed by atoms with E-state index < -0.39 is 10.9 Å². The lowest BCUT2D eigenvalue weighted by Crippen LogP contribution is -2.04. The lowest BCUT2D eigenvalue weighted by Gasteiger charge is -2.01. The van der Waals surface area contributed by atoms with E-state index in [9.17, 15) is 14.9 Å². The smallest absolute Gasteiger partial charge is 0.356 e. The molecular formula is C13H13N3O5. The maximum atomic E-state index is 11.2. The molecule has 0 atom stereocenters. The number of carboxylic acid groups (broad SMARTS) is 1. The second kappa shape index (κ2) is 6.14. The molecule has 0 unspecified atom stereocenters. The number of nitro benzene ring substituents is 1. The zero-order valence-corrected chi connectivity index (χ0v) is 11.0. The van der Waals surface area contributed by atoms with E-state index in [0.717, 1.165) is 0 Å². The van der Waals surface area contributed by atoms with Gasteiger partial charge in [-0.25, -0.2) is 9.48 Å². The van der Waals surface area contributed by atoms with Gasteiger partial charge in [0.1, 0.15) is 5.69 Å². The maximum Gasteiger partial charge on any atom is 0.356 e. The van der Waals surface area contributed by atoms with Gasteiger partial charge in [0.15, 0.2) is 5.69 Å². The molecule has 2 aromatic rings. The second-order valence-corrected chi connectivity index (χ2v) is 4.33. The summed E-state index contributed by atoms with van der Waals surface area (Å²) in [5.74, 6) is -1.21. The molecule has 1 aromatic heterocycles. The SMILES string of the molecule is O=C(O)c1nn(-c2ccccc2[N+](=O)[O-])cc1CCCO. The van der Waals surface area contributed by atoms with Crippen molar-refractivity contribution in [2.24, 2.45) is 0 Å². The van der Waals surface area contributed by atoms with Crippen LogP contribution in [0.2, 0.25) is 0 Å². The average molecular weight is 291 g/mol. The molecule has 2 N–H and O–H groups in total. The van der Waals surface area contributed by atoms with Crippen molar-refractivity contribution in [3.8, 4) is 5.69 Å². The highest BCUT2D eigenvalue weighted by Gasteiger charge is 2.20. The topological polar surface area (TPSA) is 118 Å². The van der Waals surface area contributed by atoms with E-state index in [1.807, 2.05) is 0 Å². The van der Waals surface area contributed by atoms with Crippen LogP contribution >= 0.6 is 0 Å². The highest BCUT2D eigenvalue weighted by molar-refractivity contribution is 5.87. The number of benzene rings is 1. The summed E-state index contributed by atoms with van der Waals surface area (Å²) < 4.78 is 1.19. The van der Waals surface area contributed by atoms with Gasteiger partial charge >= 0.3 is 5.97 Å². The molecular weight excluding hydrogens is 278 g/mol. The van der Waals surface area contributed by atoms with Crippen molar-refractivity contribution in [1.82, 2.24) is 9.78 Å². The largest absolute Gasteiger partial charge is 0.476 e. The van der Waals surface area contributed by atoms with Gasteiger partial charge in [0, 0.05) is 24.4 Å². The molecule has 0 radical (unpaired) electrons. The lowest BCUT2D eigenvalue weighted by atomic mass is 10.1. The van der Waals surface area contributed by atoms with Gasteiger partial charge in [-0.15, -0.1) is 0 Å². The number of hydrogen-bond donors (Lipinski definition) is 2. The third kappa shape index (κ3) is 3.06. The molecule has 1 heterocycles. The molecule has 0 aliphatic carbocycles. The molecule has 0 aliphatic heterocycles. The van der Waals surface area contributed by atoms with Gasteiger partial charge in [-0.1, -0.05) is 12.1 Å². The number of aromatic carboxylic acids is 1. The third-order valence-corrected chi connectivity index (χ3v) is 2.92. The quantitative estimate of drug-likeness (QED) is 0.613. The molecule has 110 valence electrons. The van der Waals surface area contributed by atoms with E-state index in [4.69, 9.17) is 10.2 Å². The van der Waals surface area contributed by atoms with E-state index in [1.54, 1.807) is 6.07 Å². The number of nitrogens with zero attached hydrogens (tertiary/aromatic N) is 3. The monoisotopic (exact) mass is 291 g/mol. The number of aromatic nitrogens is 2. The molecule has 0 saturated heterocycles. The Bertz CT molecular complexity index is 680. The number of rotatable bonds is 6. The molecule has 21 heavy (non-hydrogen) atoms. The van der Waals surface area contributed by atoms with Crippen molar-refractivity contribution in [1.29, 1.82) is 0 Å². The minimum atomic E-state index is -1.21. The number of aliphatic hydroxyl groups excluding tert-OH is 1. The number of para-hydroxylation sites is 2. The Hall–Kier alpha value is -2.74. The second-order valence-electron chi connectivity index (χ2n) is 4.33. The lowest BCUT2D eigenvalue weighted by molar-refractivity contribution is -0.384. The van der Waals surface area contributed by atoms with Crippen LogP contribution in [0.1, 0.15) is 22.5 Å². The van der Waals surface area contributed by atoms with Crippen LogP contribution in [-0.2, 0) is 6.42 Å². The van der Waals surface area contributed by atoms with Crippen LogP contribution in [0.3, 0.4) is 0 Å². The van der Waals surface area contributed by atoms with Crippen LogP contribution in [0.4, 0.5) is 5.69 Å². The summed E-state index contributed by atoms with van der Waals surface area (Å²) in [6.45, 7) is -0.0737. The fourth-order valence-corrected chi connectivity index (χ4v) is 1.98. The van der Waals surface area contributed by atoms with Gasteiger partial charge in [0.25, 0.3) is 5.69 Å². The van der Waals surface area contributed by atoms with Crippen molar-refractivity contribution in [2.45, 2.75) is 12.8 Å². The molecule has 8 nitrogen and oxygen atoms in total. The Balaban J connectivity index is 2.50. The third-order valence-electron chi connectivity index (χ3n) is 2.92. The first-order chi connectivity index (χ1) is 10.0. The van der Waals surface area contributed by atoms with E-state index in [0.29, 0.717) is 18.4 Å². The van der Waals surface area contributed by atoms with E-state index >= 15 is 0 Å². The molecule has 1 aromatic carbocycles. The predicted molar refractivity (Wildman–Crippen MR) is 72.6 cm³/mol. The Kier molecular flexibility index (Phi) is 4.29. The predicted octanol–water partition coefficient (Wildman–Crippen LogP) is 1.40. The molecule has 0 spiro atoms. The summed E-state index contributed by atoms with van der Waals surface area (Å²) in [7, 11) is 0. The summed E-state index contributed by atoms with van der Waals surface area (Å²) in [5.41, 5.74) is 0.294. The average Bonchev–Trinajstić information content (AvgIpc) is 2.89. The molecule has 0 amide bonds. The standard InChI is InChI=1S/C13H13N3O5/c17-7-3-4-9-8-15(14-12(9)13(18)19)10-5-1-2-6-11(10)16(20)21/h1-2,5-6,8,17H,3-4,7H2,(H,18,19). The minimum Gasteiger partial charge on any atom is -0.476 e. The normalized spacial score (nSPS) is 10.5. The summed E-state index contributed by atoms with van der Waals surface area (Å²) in [6, 6.07) is 5.95. The minimum absolute atomic E-state index is 0.0737. The van der Waals surface area contributed by atoms with Crippen molar-refractivity contribution in [3.05, 3.63) is 51.8 Å². The molecule has 2 rings (SSSR count). The molecule has 0 bridgehead atoms. The number of hydrogen-bond acceptors (Lipinski definition) is 5. The van der Waals surface area contributed by atoms with Crippen LogP contribution in [0, 0.1) is 10.1 Å².